The van der Waals surface area contributed by atoms with Crippen LogP contribution in [-0.2, 0) is 22.6 Å². The molecule has 0 radical (unpaired) electrons. The lowest BCUT2D eigenvalue weighted by Gasteiger charge is -2.32. The second-order valence-corrected chi connectivity index (χ2v) is 9.60. The lowest BCUT2D eigenvalue weighted by molar-refractivity contribution is -0.143. The fourth-order valence-electron chi connectivity index (χ4n) is 3.99. The van der Waals surface area contributed by atoms with Crippen LogP contribution in [0.3, 0.4) is 0 Å². The Morgan fingerprint density at radius 1 is 1.00 bits per heavy atom. The van der Waals surface area contributed by atoms with Gasteiger partial charge in [-0.15, -0.1) is 0 Å². The van der Waals surface area contributed by atoms with Gasteiger partial charge in [0.15, 0.2) is 6.61 Å². The zero-order valence-corrected chi connectivity index (χ0v) is 22.2. The van der Waals surface area contributed by atoms with Crippen molar-refractivity contribution >= 4 is 23.4 Å². The van der Waals surface area contributed by atoms with Crippen LogP contribution in [0.4, 0.5) is 0 Å². The number of nitrogens with zero attached hydrogens (tertiary/aromatic N) is 1. The van der Waals surface area contributed by atoms with Crippen LogP contribution in [0.15, 0.2) is 72.8 Å². The summed E-state index contributed by atoms with van der Waals surface area (Å²) in [6.45, 7) is 7.95. The Bertz CT molecular complexity index is 1170. The predicted octanol–water partition coefficient (Wildman–Crippen LogP) is 5.89. The highest BCUT2D eigenvalue weighted by molar-refractivity contribution is 6.31. The molecule has 6 heteroatoms. The van der Waals surface area contributed by atoms with Gasteiger partial charge >= 0.3 is 0 Å². The largest absolute Gasteiger partial charge is 0.483 e. The average molecular weight is 507 g/mol. The molecular weight excluding hydrogens is 472 g/mol. The third-order valence-electron chi connectivity index (χ3n) is 6.25. The number of hydrogen-bond donors (Lipinski definition) is 1. The zero-order valence-electron chi connectivity index (χ0n) is 21.5. The summed E-state index contributed by atoms with van der Waals surface area (Å²) in [5, 5.41) is 3.62. The van der Waals surface area contributed by atoms with Crippen molar-refractivity contribution in [3.8, 4) is 5.75 Å². The molecule has 0 heterocycles. The van der Waals surface area contributed by atoms with Crippen LogP contribution in [-0.4, -0.2) is 35.4 Å². The van der Waals surface area contributed by atoms with Crippen molar-refractivity contribution in [3.05, 3.63) is 100 Å². The van der Waals surface area contributed by atoms with E-state index in [1.807, 2.05) is 94.4 Å². The lowest BCUT2D eigenvalue weighted by atomic mass is 10.0. The molecule has 0 aliphatic carbocycles. The van der Waals surface area contributed by atoms with E-state index in [9.17, 15) is 9.59 Å². The Labute approximate surface area is 219 Å². The Kier molecular flexibility index (Phi) is 9.95. The van der Waals surface area contributed by atoms with E-state index in [1.54, 1.807) is 11.0 Å². The molecule has 3 aromatic carbocycles. The first-order chi connectivity index (χ1) is 17.3. The molecule has 3 rings (SSSR count). The molecule has 3 aromatic rings. The summed E-state index contributed by atoms with van der Waals surface area (Å²) in [6, 6.07) is 22.2. The second-order valence-electron chi connectivity index (χ2n) is 9.19. The minimum absolute atomic E-state index is 0.0144. The molecule has 1 N–H and O–H groups in total. The van der Waals surface area contributed by atoms with Gasteiger partial charge in [-0.1, -0.05) is 84.8 Å². The van der Waals surface area contributed by atoms with Gasteiger partial charge in [0.1, 0.15) is 11.8 Å². The van der Waals surface area contributed by atoms with Crippen molar-refractivity contribution in [1.29, 1.82) is 0 Å². The number of rotatable bonds is 11. The third-order valence-corrected chi connectivity index (χ3v) is 6.62. The van der Waals surface area contributed by atoms with Gasteiger partial charge < -0.3 is 15.0 Å². The molecule has 190 valence electrons. The topological polar surface area (TPSA) is 58.6 Å². The molecule has 5 nitrogen and oxygen atoms in total. The number of halogens is 1. The summed E-state index contributed by atoms with van der Waals surface area (Å²) in [4.78, 5) is 28.8. The Morgan fingerprint density at radius 3 is 2.36 bits per heavy atom. The number of benzene rings is 3. The molecule has 0 saturated carbocycles. The molecule has 0 aliphatic heterocycles. The number of aryl methyl sites for hydroxylation is 2. The van der Waals surface area contributed by atoms with E-state index in [-0.39, 0.29) is 31.0 Å². The minimum atomic E-state index is -0.729. The average Bonchev–Trinajstić information content (AvgIpc) is 2.87. The van der Waals surface area contributed by atoms with Gasteiger partial charge in [0, 0.05) is 24.0 Å². The maximum atomic E-state index is 13.7. The van der Waals surface area contributed by atoms with E-state index < -0.39 is 6.04 Å². The minimum Gasteiger partial charge on any atom is -0.483 e. The molecular formula is C30H35ClN2O3. The van der Waals surface area contributed by atoms with E-state index in [4.69, 9.17) is 16.3 Å². The molecule has 0 aromatic heterocycles. The standard InChI is InChI=1S/C30H35ClN2O3/c1-5-23(4)32-30(35)27(18-24-11-7-6-8-12-24)33(19-25-13-9-10-14-26(25)31)29(34)20-36-28-16-15-21(2)17-22(28)3/h6-17,23,27H,5,18-20H2,1-4H3,(H,32,35)/t23-,27+/m0/s1. The van der Waals surface area contributed by atoms with Crippen LogP contribution in [0.5, 0.6) is 5.75 Å². The second kappa shape index (κ2) is 13.1. The monoisotopic (exact) mass is 506 g/mol. The number of ether oxygens (including phenoxy) is 1. The first-order valence-corrected chi connectivity index (χ1v) is 12.7. The van der Waals surface area contributed by atoms with Gasteiger partial charge in [-0.05, 0) is 56.0 Å². The Hall–Kier alpha value is -3.31. The van der Waals surface area contributed by atoms with E-state index in [0.717, 1.165) is 28.7 Å². The van der Waals surface area contributed by atoms with E-state index in [1.165, 1.54) is 0 Å². The van der Waals surface area contributed by atoms with Crippen molar-refractivity contribution in [2.24, 2.45) is 0 Å². The van der Waals surface area contributed by atoms with Crippen LogP contribution < -0.4 is 10.1 Å². The van der Waals surface area contributed by atoms with E-state index in [2.05, 4.69) is 5.32 Å². The molecule has 0 bridgehead atoms. The van der Waals surface area contributed by atoms with Crippen molar-refractivity contribution in [3.63, 3.8) is 0 Å². The Balaban J connectivity index is 1.93. The van der Waals surface area contributed by atoms with Gasteiger partial charge in [0.05, 0.1) is 0 Å². The van der Waals surface area contributed by atoms with Crippen molar-refractivity contribution in [1.82, 2.24) is 10.2 Å². The van der Waals surface area contributed by atoms with E-state index >= 15 is 0 Å². The lowest BCUT2D eigenvalue weighted by Crippen LogP contribution is -2.53. The van der Waals surface area contributed by atoms with Crippen LogP contribution in [0, 0.1) is 13.8 Å². The summed E-state index contributed by atoms with van der Waals surface area (Å²) in [5.41, 5.74) is 3.81. The van der Waals surface area contributed by atoms with Crippen LogP contribution in [0.1, 0.15) is 42.5 Å². The summed E-state index contributed by atoms with van der Waals surface area (Å²) in [5.74, 6) is 0.172. The highest BCUT2D eigenvalue weighted by atomic mass is 35.5. The SMILES string of the molecule is CC[C@H](C)NC(=O)[C@@H](Cc1ccccc1)N(Cc1ccccc1Cl)C(=O)COc1ccc(C)cc1C. The summed E-state index contributed by atoms with van der Waals surface area (Å²) in [6.07, 6.45) is 1.17. The summed E-state index contributed by atoms with van der Waals surface area (Å²) in [7, 11) is 0. The zero-order chi connectivity index (χ0) is 26.1. The fraction of sp³-hybridized carbons (Fsp3) is 0.333. The van der Waals surface area contributed by atoms with Crippen molar-refractivity contribution < 1.29 is 14.3 Å². The number of carbonyl (C=O) groups is 2. The molecule has 2 amide bonds. The normalized spacial score (nSPS) is 12.5. The molecule has 0 fully saturated rings. The van der Waals surface area contributed by atoms with Crippen molar-refractivity contribution in [2.75, 3.05) is 6.61 Å². The summed E-state index contributed by atoms with van der Waals surface area (Å²) < 4.78 is 5.93. The quantitative estimate of drug-likeness (QED) is 0.352. The summed E-state index contributed by atoms with van der Waals surface area (Å²) >= 11 is 6.46. The first kappa shape index (κ1) is 27.3. The maximum Gasteiger partial charge on any atom is 0.261 e. The number of amides is 2. The molecule has 0 aliphatic rings. The third kappa shape index (κ3) is 7.59. The molecule has 0 saturated heterocycles. The van der Waals surface area contributed by atoms with Gasteiger partial charge in [-0.2, -0.15) is 0 Å². The Morgan fingerprint density at radius 2 is 1.69 bits per heavy atom. The number of hydrogen-bond acceptors (Lipinski definition) is 3. The molecule has 36 heavy (non-hydrogen) atoms. The number of nitrogens with one attached hydrogen (secondary N) is 1. The molecule has 2 atom stereocenters. The van der Waals surface area contributed by atoms with Crippen LogP contribution in [0.2, 0.25) is 5.02 Å². The van der Waals surface area contributed by atoms with E-state index in [0.29, 0.717) is 17.2 Å². The van der Waals surface area contributed by atoms with Crippen LogP contribution in [0.25, 0.3) is 0 Å². The maximum absolute atomic E-state index is 13.7. The fourth-order valence-corrected chi connectivity index (χ4v) is 4.18. The van der Waals surface area contributed by atoms with Crippen molar-refractivity contribution in [2.45, 2.75) is 59.2 Å². The first-order valence-electron chi connectivity index (χ1n) is 12.4. The molecule has 0 unspecified atom stereocenters. The van der Waals surface area contributed by atoms with Crippen LogP contribution >= 0.6 is 11.6 Å². The van der Waals surface area contributed by atoms with Gasteiger partial charge in [-0.25, -0.2) is 0 Å². The number of carbonyl (C=O) groups excluding carboxylic acids is 2. The van der Waals surface area contributed by atoms with Gasteiger partial charge in [0.2, 0.25) is 5.91 Å². The highest BCUT2D eigenvalue weighted by Crippen LogP contribution is 2.22. The van der Waals surface area contributed by atoms with Gasteiger partial charge in [-0.3, -0.25) is 9.59 Å². The highest BCUT2D eigenvalue weighted by Gasteiger charge is 2.31. The smallest absolute Gasteiger partial charge is 0.261 e. The molecule has 0 spiro atoms. The predicted molar refractivity (Wildman–Crippen MR) is 145 cm³/mol. The van der Waals surface area contributed by atoms with Gasteiger partial charge in [0.25, 0.3) is 5.91 Å².